The second-order valence-electron chi connectivity index (χ2n) is 4.50. The van der Waals surface area contributed by atoms with E-state index in [0.717, 1.165) is 0 Å². The molecule has 3 heterocycles. The van der Waals surface area contributed by atoms with Gasteiger partial charge < -0.3 is 19.8 Å². The quantitative estimate of drug-likeness (QED) is 0.847. The zero-order valence-electron chi connectivity index (χ0n) is 11.1. The van der Waals surface area contributed by atoms with Crippen molar-refractivity contribution in [3.05, 3.63) is 24.6 Å². The number of aromatic nitrogens is 4. The number of ether oxygens (including phenoxy) is 2. The van der Waals surface area contributed by atoms with Crippen molar-refractivity contribution < 1.29 is 18.4 Å². The van der Waals surface area contributed by atoms with Gasteiger partial charge in [0.25, 0.3) is 0 Å². The lowest BCUT2D eigenvalue weighted by Crippen LogP contribution is -2.15. The fraction of sp³-hybridized carbons (Fsp3) is 0.364. The van der Waals surface area contributed by atoms with E-state index in [9.17, 15) is 8.96 Å². The maximum absolute atomic E-state index is 14.0. The number of fused-ring (bicyclic) bond motifs is 1. The van der Waals surface area contributed by atoms with Crippen molar-refractivity contribution in [2.75, 3.05) is 18.7 Å². The van der Waals surface area contributed by atoms with Gasteiger partial charge in [-0.1, -0.05) is 0 Å². The molecular formula is C11H13FN5O3P. The highest BCUT2D eigenvalue weighted by Crippen LogP contribution is 2.33. The molecule has 8 nitrogen and oxygen atoms in total. The highest BCUT2D eigenvalue weighted by Gasteiger charge is 2.31. The normalized spacial score (nSPS) is 23.4. The van der Waals surface area contributed by atoms with Crippen molar-refractivity contribution in [3.63, 3.8) is 0 Å². The van der Waals surface area contributed by atoms with Crippen LogP contribution in [0.25, 0.3) is 11.2 Å². The predicted molar refractivity (Wildman–Crippen MR) is 73.7 cm³/mol. The van der Waals surface area contributed by atoms with Crippen molar-refractivity contribution in [2.45, 2.75) is 12.5 Å². The van der Waals surface area contributed by atoms with Crippen LogP contribution in [0.4, 0.5) is 10.2 Å². The molecule has 0 saturated heterocycles. The first-order valence-corrected chi connectivity index (χ1v) is 8.24. The van der Waals surface area contributed by atoms with Gasteiger partial charge in [0.05, 0.1) is 14.1 Å². The van der Waals surface area contributed by atoms with Crippen LogP contribution in [0.1, 0.15) is 6.23 Å². The summed E-state index contributed by atoms with van der Waals surface area (Å²) in [4.78, 5) is 11.9. The number of halogens is 1. The lowest BCUT2D eigenvalue weighted by Gasteiger charge is -2.15. The molecule has 0 amide bonds. The summed E-state index contributed by atoms with van der Waals surface area (Å²) in [5.41, 5.74) is 6.41. The standard InChI is InChI=1S/C11H13FN5O3P/c1-21(18)5-19-7-2-6(12)11(20-7)17-4-16-8-9(13)14-3-15-10(8)17/h2-4,7,11,21H,5H2,1H3,(H2,13,14,15)/t7-,11+/m0/s1. The summed E-state index contributed by atoms with van der Waals surface area (Å²) in [6.45, 7) is 1.56. The first-order chi connectivity index (χ1) is 10.1. The molecule has 0 aliphatic carbocycles. The van der Waals surface area contributed by atoms with E-state index in [0.29, 0.717) is 11.2 Å². The smallest absolute Gasteiger partial charge is 0.192 e. The van der Waals surface area contributed by atoms with Crippen molar-refractivity contribution in [3.8, 4) is 0 Å². The zero-order valence-corrected chi connectivity index (χ0v) is 12.1. The monoisotopic (exact) mass is 313 g/mol. The van der Waals surface area contributed by atoms with Gasteiger partial charge >= 0.3 is 0 Å². The van der Waals surface area contributed by atoms with Gasteiger partial charge in [0.2, 0.25) is 0 Å². The number of hydrogen-bond donors (Lipinski definition) is 1. The molecule has 0 fully saturated rings. The Morgan fingerprint density at radius 3 is 3.10 bits per heavy atom. The van der Waals surface area contributed by atoms with Crippen LogP contribution in [0.3, 0.4) is 0 Å². The molecule has 0 spiro atoms. The van der Waals surface area contributed by atoms with Gasteiger partial charge in [-0.3, -0.25) is 4.57 Å². The summed E-state index contributed by atoms with van der Waals surface area (Å²) in [7, 11) is -1.81. The highest BCUT2D eigenvalue weighted by atomic mass is 31.1. The molecule has 10 heteroatoms. The van der Waals surface area contributed by atoms with Gasteiger partial charge in [0, 0.05) is 6.08 Å². The van der Waals surface area contributed by atoms with Crippen LogP contribution in [-0.4, -0.2) is 38.8 Å². The summed E-state index contributed by atoms with van der Waals surface area (Å²) < 4.78 is 37.1. The maximum atomic E-state index is 14.0. The minimum Gasteiger partial charge on any atom is -0.382 e. The molecule has 3 atom stereocenters. The number of rotatable bonds is 4. The topological polar surface area (TPSA) is 105 Å². The van der Waals surface area contributed by atoms with E-state index in [1.54, 1.807) is 6.66 Å². The Labute approximate surface area is 119 Å². The molecule has 1 aliphatic heterocycles. The first-order valence-electron chi connectivity index (χ1n) is 6.13. The van der Waals surface area contributed by atoms with E-state index in [-0.39, 0.29) is 12.2 Å². The van der Waals surface area contributed by atoms with Crippen molar-refractivity contribution >= 4 is 24.8 Å². The fourth-order valence-electron chi connectivity index (χ4n) is 1.97. The molecule has 21 heavy (non-hydrogen) atoms. The average molecular weight is 313 g/mol. The number of imidazole rings is 1. The number of nitrogens with two attached hydrogens (primary N) is 1. The third kappa shape index (κ3) is 2.67. The van der Waals surface area contributed by atoms with E-state index in [1.807, 2.05) is 0 Å². The Bertz CT molecular complexity index is 734. The third-order valence-corrected chi connectivity index (χ3v) is 3.46. The van der Waals surface area contributed by atoms with E-state index in [2.05, 4.69) is 15.0 Å². The molecule has 0 bridgehead atoms. The minimum atomic E-state index is -1.81. The van der Waals surface area contributed by atoms with Crippen molar-refractivity contribution in [1.82, 2.24) is 19.5 Å². The van der Waals surface area contributed by atoms with E-state index < -0.39 is 26.1 Å². The van der Waals surface area contributed by atoms with Gasteiger partial charge in [-0.15, -0.1) is 0 Å². The molecule has 0 aromatic carbocycles. The van der Waals surface area contributed by atoms with Gasteiger partial charge in [-0.25, -0.2) is 19.3 Å². The molecule has 112 valence electrons. The molecule has 2 aromatic rings. The Kier molecular flexibility index (Phi) is 3.71. The third-order valence-electron chi connectivity index (χ3n) is 2.88. The van der Waals surface area contributed by atoms with Crippen LogP contribution in [0, 0.1) is 0 Å². The van der Waals surface area contributed by atoms with Crippen LogP contribution in [0.5, 0.6) is 0 Å². The summed E-state index contributed by atoms with van der Waals surface area (Å²) in [6, 6.07) is 0. The van der Waals surface area contributed by atoms with E-state index >= 15 is 0 Å². The fourth-order valence-corrected chi connectivity index (χ4v) is 2.37. The average Bonchev–Trinajstić information content (AvgIpc) is 3.01. The van der Waals surface area contributed by atoms with Gasteiger partial charge in [-0.2, -0.15) is 0 Å². The van der Waals surface area contributed by atoms with Crippen molar-refractivity contribution in [1.29, 1.82) is 0 Å². The Hall–Kier alpha value is -1.83. The van der Waals surface area contributed by atoms with Gasteiger partial charge in [0.15, 0.2) is 29.8 Å². The highest BCUT2D eigenvalue weighted by molar-refractivity contribution is 7.43. The Balaban J connectivity index is 1.85. The Morgan fingerprint density at radius 1 is 1.52 bits per heavy atom. The maximum Gasteiger partial charge on any atom is 0.192 e. The number of nitrogens with zero attached hydrogens (tertiary/aromatic N) is 4. The van der Waals surface area contributed by atoms with E-state index in [1.165, 1.54) is 23.3 Å². The van der Waals surface area contributed by atoms with E-state index in [4.69, 9.17) is 15.2 Å². The molecule has 3 rings (SSSR count). The van der Waals surface area contributed by atoms with Crippen LogP contribution < -0.4 is 5.73 Å². The van der Waals surface area contributed by atoms with Crippen LogP contribution >= 0.6 is 7.80 Å². The lowest BCUT2D eigenvalue weighted by molar-refractivity contribution is -0.127. The minimum absolute atomic E-state index is 0.0334. The van der Waals surface area contributed by atoms with Gasteiger partial charge in [0.1, 0.15) is 18.2 Å². The molecule has 2 N–H and O–H groups in total. The molecular weight excluding hydrogens is 300 g/mol. The molecule has 1 aliphatic rings. The molecule has 1 unspecified atom stereocenters. The molecule has 0 saturated carbocycles. The van der Waals surface area contributed by atoms with Crippen LogP contribution in [0.15, 0.2) is 24.6 Å². The zero-order chi connectivity index (χ0) is 15.0. The largest absolute Gasteiger partial charge is 0.382 e. The van der Waals surface area contributed by atoms with Crippen molar-refractivity contribution in [2.24, 2.45) is 0 Å². The second kappa shape index (κ2) is 5.51. The van der Waals surface area contributed by atoms with Crippen LogP contribution in [0.2, 0.25) is 0 Å². The number of nitrogen functional groups attached to an aromatic ring is 1. The summed E-state index contributed by atoms with van der Waals surface area (Å²) >= 11 is 0. The molecule has 0 radical (unpaired) electrons. The summed E-state index contributed by atoms with van der Waals surface area (Å²) in [6.07, 6.45) is 1.94. The first kappa shape index (κ1) is 14.1. The predicted octanol–water partition coefficient (Wildman–Crippen LogP) is 1.28. The lowest BCUT2D eigenvalue weighted by atomic mass is 10.4. The summed E-state index contributed by atoms with van der Waals surface area (Å²) in [5, 5.41) is 0. The van der Waals surface area contributed by atoms with Gasteiger partial charge in [-0.05, 0) is 6.66 Å². The van der Waals surface area contributed by atoms with Crippen LogP contribution in [-0.2, 0) is 14.0 Å². The SMILES string of the molecule is C[PH](=O)CO[C@@H]1C=C(F)[C@H](n2cnc3c(N)ncnc32)O1. The number of anilines is 1. The number of hydrogen-bond acceptors (Lipinski definition) is 7. The molecule has 2 aromatic heterocycles. The summed E-state index contributed by atoms with van der Waals surface area (Å²) in [5.74, 6) is -0.328. The Morgan fingerprint density at radius 2 is 2.33 bits per heavy atom. The second-order valence-corrected chi connectivity index (χ2v) is 6.20.